The summed E-state index contributed by atoms with van der Waals surface area (Å²) in [5.74, 6) is -9.04. The molecule has 0 unspecified atom stereocenters. The zero-order chi connectivity index (χ0) is 39.6. The van der Waals surface area contributed by atoms with Gasteiger partial charge in [-0.3, -0.25) is 19.2 Å². The van der Waals surface area contributed by atoms with Gasteiger partial charge < -0.3 is 43.4 Å². The first-order chi connectivity index (χ1) is 24.4. The number of carbonyl (C=O) groups is 5. The Morgan fingerprint density at radius 1 is 1.06 bits per heavy atom. The van der Waals surface area contributed by atoms with E-state index >= 15 is 0 Å². The van der Waals surface area contributed by atoms with Crippen LogP contribution in [0.1, 0.15) is 100 Å². The summed E-state index contributed by atoms with van der Waals surface area (Å²) in [5, 5.41) is 39.5. The molecule has 0 radical (unpaired) electrons. The summed E-state index contributed by atoms with van der Waals surface area (Å²) >= 11 is 0. The predicted molar refractivity (Wildman–Crippen MR) is 182 cm³/mol. The van der Waals surface area contributed by atoms with E-state index in [1.165, 1.54) is 40.4 Å². The Bertz CT molecular complexity index is 1700. The van der Waals surface area contributed by atoms with Crippen molar-refractivity contribution in [2.24, 2.45) is 45.8 Å². The molecule has 53 heavy (non-hydrogen) atoms. The highest BCUT2D eigenvalue weighted by atomic mass is 16.7. The molecule has 2 bridgehead atoms. The molecule has 5 fully saturated rings. The van der Waals surface area contributed by atoms with E-state index < -0.39 is 122 Å². The Kier molecular flexibility index (Phi) is 8.98. The van der Waals surface area contributed by atoms with E-state index in [0.29, 0.717) is 5.56 Å². The lowest BCUT2D eigenvalue weighted by Gasteiger charge is -2.77. The number of fused-ring (bicyclic) bond motifs is 3. The second kappa shape index (κ2) is 12.1. The monoisotopic (exact) mass is 746 g/mol. The van der Waals surface area contributed by atoms with Crippen LogP contribution in [0.4, 0.5) is 0 Å². The third kappa shape index (κ3) is 4.86. The van der Waals surface area contributed by atoms with Crippen LogP contribution in [0.5, 0.6) is 0 Å². The largest absolute Gasteiger partial charge is 0.472 e. The molecule has 3 saturated carbocycles. The van der Waals surface area contributed by atoms with E-state index in [0.717, 1.165) is 0 Å². The SMILES string of the molecule is COC(=O)C[C@H]1C(C)(C)[C@@H](OC(=O)[C@]2(C)O[C@H]2C)[C@]2(O)[C@H](O)[C@]34OC(=O)[C@@H](C(=O)C(C)C)[C@H]3[C@](C)([C@H](OC(C)=O)c3ccoc3)CC[C@@H]4[C@@]1(C)[C@@]2(C)O. The number of Topliss-reactive ketones (excluding diaryl/α,β-unsaturated/α-hetero) is 1. The highest BCUT2D eigenvalue weighted by Crippen LogP contribution is 2.77. The van der Waals surface area contributed by atoms with Crippen molar-refractivity contribution in [3.8, 4) is 0 Å². The second-order valence-electron chi connectivity index (χ2n) is 17.8. The van der Waals surface area contributed by atoms with E-state index in [2.05, 4.69) is 0 Å². The number of aliphatic hydroxyl groups is 3. The molecule has 1 aromatic rings. The third-order valence-corrected chi connectivity index (χ3v) is 14.6. The van der Waals surface area contributed by atoms with Gasteiger partial charge in [0.15, 0.2) is 11.2 Å². The van der Waals surface area contributed by atoms with E-state index in [4.69, 9.17) is 28.1 Å². The molecule has 3 aliphatic carbocycles. The molecule has 2 aliphatic heterocycles. The lowest BCUT2D eigenvalue weighted by atomic mass is 9.30. The van der Waals surface area contributed by atoms with Gasteiger partial charge in [0.05, 0.1) is 25.7 Å². The Hall–Kier alpha value is -3.33. The molecule has 14 nitrogen and oxygen atoms in total. The number of carbonyl (C=O) groups excluding carboxylic acids is 5. The molecule has 0 amide bonds. The van der Waals surface area contributed by atoms with Gasteiger partial charge in [0.25, 0.3) is 0 Å². The summed E-state index contributed by atoms with van der Waals surface area (Å²) in [4.78, 5) is 68.7. The van der Waals surface area contributed by atoms with Crippen molar-refractivity contribution >= 4 is 29.7 Å². The zero-order valence-corrected chi connectivity index (χ0v) is 32.4. The standard InChI is InChI=1S/C39H54O14/c1-18(2)26(42)25-27-34(7,28(50-20(4)40)21-13-15-49-17-21)14-12-22-35(8)23(16-24(41)48-11)33(5,6)31(51-32(45)36(9)19(3)52-36)39(47,37(35,10)46)30(44)38(22,27)53-29(25)43/h13,15,17-19,22-23,25,27-28,30-31,44,46-47H,12,14,16H2,1-11H3/t19-,22+,23-,25-,27-,28+,30+,31+,34+,35+,36+,37+,38+,39+/m0/s1. The number of rotatable bonds is 9. The van der Waals surface area contributed by atoms with Crippen LogP contribution in [-0.2, 0) is 47.7 Å². The van der Waals surface area contributed by atoms with Crippen LogP contribution >= 0.6 is 0 Å². The maximum Gasteiger partial charge on any atom is 0.341 e. The van der Waals surface area contributed by atoms with Crippen molar-refractivity contribution < 1.29 is 67.4 Å². The van der Waals surface area contributed by atoms with Gasteiger partial charge in [-0.2, -0.15) is 0 Å². The number of esters is 4. The topological polar surface area (TPSA) is 209 Å². The summed E-state index contributed by atoms with van der Waals surface area (Å²) in [5.41, 5.74) is -12.5. The number of methoxy groups -OCH3 is 1. The molecule has 3 heterocycles. The molecule has 0 aromatic carbocycles. The number of hydrogen-bond acceptors (Lipinski definition) is 14. The minimum absolute atomic E-state index is 0.111. The fraction of sp³-hybridized carbons (Fsp3) is 0.769. The van der Waals surface area contributed by atoms with E-state index in [9.17, 15) is 39.3 Å². The average molecular weight is 747 g/mol. The number of ketones is 1. The van der Waals surface area contributed by atoms with Gasteiger partial charge in [-0.1, -0.05) is 41.5 Å². The molecular formula is C39H54O14. The van der Waals surface area contributed by atoms with Crippen LogP contribution in [0.3, 0.4) is 0 Å². The van der Waals surface area contributed by atoms with Crippen LogP contribution in [0, 0.1) is 45.8 Å². The van der Waals surface area contributed by atoms with Crippen LogP contribution in [0.25, 0.3) is 0 Å². The number of epoxide rings is 1. The molecule has 14 heteroatoms. The van der Waals surface area contributed by atoms with E-state index in [-0.39, 0.29) is 19.3 Å². The van der Waals surface area contributed by atoms with Crippen LogP contribution < -0.4 is 0 Å². The summed E-state index contributed by atoms with van der Waals surface area (Å²) in [6.07, 6.45) is -2.81. The van der Waals surface area contributed by atoms with Gasteiger partial charge in [-0.15, -0.1) is 0 Å². The van der Waals surface area contributed by atoms with Crippen LogP contribution in [-0.4, -0.2) is 92.8 Å². The predicted octanol–water partition coefficient (Wildman–Crippen LogP) is 3.22. The first kappa shape index (κ1) is 39.4. The van der Waals surface area contributed by atoms with Crippen molar-refractivity contribution in [3.05, 3.63) is 24.2 Å². The van der Waals surface area contributed by atoms with Crippen LogP contribution in [0.15, 0.2) is 23.0 Å². The van der Waals surface area contributed by atoms with E-state index in [1.807, 2.05) is 0 Å². The van der Waals surface area contributed by atoms with Gasteiger partial charge in [-0.05, 0) is 45.6 Å². The summed E-state index contributed by atoms with van der Waals surface area (Å²) in [6, 6.07) is 1.60. The summed E-state index contributed by atoms with van der Waals surface area (Å²) in [6.45, 7) is 15.8. The molecule has 2 saturated heterocycles. The molecular weight excluding hydrogens is 692 g/mol. The first-order valence-electron chi connectivity index (χ1n) is 18.4. The highest BCUT2D eigenvalue weighted by Gasteiger charge is 2.90. The van der Waals surface area contributed by atoms with Gasteiger partial charge in [0.2, 0.25) is 0 Å². The molecule has 5 aliphatic rings. The van der Waals surface area contributed by atoms with E-state index in [1.54, 1.807) is 54.5 Å². The molecule has 1 aromatic heterocycles. The van der Waals surface area contributed by atoms with Crippen molar-refractivity contribution in [1.29, 1.82) is 0 Å². The maximum atomic E-state index is 14.5. The fourth-order valence-corrected chi connectivity index (χ4v) is 11.6. The highest BCUT2D eigenvalue weighted by molar-refractivity contribution is 6.02. The molecule has 3 N–H and O–H groups in total. The first-order valence-corrected chi connectivity index (χ1v) is 18.4. The normalized spacial score (nSPS) is 45.6. The quantitative estimate of drug-likeness (QED) is 0.144. The van der Waals surface area contributed by atoms with Gasteiger partial charge in [-0.25, -0.2) is 4.79 Å². The van der Waals surface area contributed by atoms with Gasteiger partial charge >= 0.3 is 23.9 Å². The zero-order valence-electron chi connectivity index (χ0n) is 32.4. The number of ether oxygens (including phenoxy) is 5. The number of furan rings is 1. The Morgan fingerprint density at radius 3 is 2.19 bits per heavy atom. The molecule has 294 valence electrons. The van der Waals surface area contributed by atoms with Gasteiger partial charge in [0, 0.05) is 52.9 Å². The van der Waals surface area contributed by atoms with Crippen molar-refractivity contribution in [1.82, 2.24) is 0 Å². The Labute approximate surface area is 309 Å². The minimum Gasteiger partial charge on any atom is -0.472 e. The number of hydrogen-bond donors (Lipinski definition) is 3. The maximum absolute atomic E-state index is 14.5. The second-order valence-corrected chi connectivity index (χ2v) is 17.8. The molecule has 14 atom stereocenters. The Balaban J connectivity index is 1.67. The summed E-state index contributed by atoms with van der Waals surface area (Å²) in [7, 11) is 1.22. The molecule has 6 rings (SSSR count). The lowest BCUT2D eigenvalue weighted by Crippen LogP contribution is -2.91. The van der Waals surface area contributed by atoms with Crippen molar-refractivity contribution in [2.45, 2.75) is 135 Å². The average Bonchev–Trinajstić information content (AvgIpc) is 3.39. The van der Waals surface area contributed by atoms with Crippen molar-refractivity contribution in [2.75, 3.05) is 7.11 Å². The smallest absolute Gasteiger partial charge is 0.341 e. The Morgan fingerprint density at radius 2 is 1.68 bits per heavy atom. The van der Waals surface area contributed by atoms with Crippen molar-refractivity contribution in [3.63, 3.8) is 0 Å². The minimum atomic E-state index is -2.79. The fourth-order valence-electron chi connectivity index (χ4n) is 11.6. The third-order valence-electron chi connectivity index (χ3n) is 14.6. The van der Waals surface area contributed by atoms with Crippen LogP contribution in [0.2, 0.25) is 0 Å². The number of aliphatic hydroxyl groups excluding tert-OH is 1. The van der Waals surface area contributed by atoms with Gasteiger partial charge in [0.1, 0.15) is 41.2 Å². The molecule has 1 spiro atoms. The summed E-state index contributed by atoms with van der Waals surface area (Å²) < 4.78 is 34.7. The lowest BCUT2D eigenvalue weighted by molar-refractivity contribution is -0.424.